The molecule has 0 atom stereocenters. The average Bonchev–Trinajstić information content (AvgIpc) is 3.18. The van der Waals surface area contributed by atoms with E-state index in [4.69, 9.17) is 9.26 Å². The second-order valence-corrected chi connectivity index (χ2v) is 7.13. The third-order valence-electron chi connectivity index (χ3n) is 5.01. The van der Waals surface area contributed by atoms with E-state index in [1.165, 1.54) is 0 Å². The molecule has 0 radical (unpaired) electrons. The molecule has 0 spiro atoms. The van der Waals surface area contributed by atoms with Crippen LogP contribution in [0.5, 0.6) is 5.75 Å². The summed E-state index contributed by atoms with van der Waals surface area (Å²) in [6, 6.07) is 9.77. The number of piperazine rings is 1. The van der Waals surface area contributed by atoms with Crippen LogP contribution in [0.15, 0.2) is 34.9 Å². The molecule has 7 heteroatoms. The Morgan fingerprint density at radius 1 is 1.21 bits per heavy atom. The van der Waals surface area contributed by atoms with E-state index < -0.39 is 0 Å². The van der Waals surface area contributed by atoms with Crippen LogP contribution in [0.1, 0.15) is 25.5 Å². The molecule has 1 aromatic heterocycles. The molecular weight excluding hydrogens is 356 g/mol. The fourth-order valence-corrected chi connectivity index (χ4v) is 3.36. The first kappa shape index (κ1) is 20.4. The summed E-state index contributed by atoms with van der Waals surface area (Å²) in [5.41, 5.74) is 1.72. The number of para-hydroxylation sites is 1. The lowest BCUT2D eigenvalue weighted by molar-refractivity contribution is -0.122. The highest BCUT2D eigenvalue weighted by molar-refractivity contribution is 5.78. The van der Waals surface area contributed by atoms with Crippen molar-refractivity contribution in [2.45, 2.75) is 26.3 Å². The van der Waals surface area contributed by atoms with E-state index in [2.05, 4.69) is 27.2 Å². The molecule has 0 bridgehead atoms. The highest BCUT2D eigenvalue weighted by Crippen LogP contribution is 2.29. The van der Waals surface area contributed by atoms with Crippen molar-refractivity contribution in [1.82, 2.24) is 20.3 Å². The number of carbonyl (C=O) groups is 1. The van der Waals surface area contributed by atoms with Crippen molar-refractivity contribution in [2.75, 3.05) is 46.4 Å². The molecule has 1 N–H and O–H groups in total. The van der Waals surface area contributed by atoms with Gasteiger partial charge in [0.1, 0.15) is 11.4 Å². The van der Waals surface area contributed by atoms with Gasteiger partial charge in [0, 0.05) is 44.4 Å². The smallest absolute Gasteiger partial charge is 0.234 e. The van der Waals surface area contributed by atoms with Crippen molar-refractivity contribution >= 4 is 5.91 Å². The van der Waals surface area contributed by atoms with Crippen LogP contribution in [0, 0.1) is 0 Å². The zero-order valence-electron chi connectivity index (χ0n) is 16.8. The maximum atomic E-state index is 11.9. The number of nitrogens with one attached hydrogen (secondary N) is 1. The van der Waals surface area contributed by atoms with Gasteiger partial charge in [0.15, 0.2) is 5.76 Å². The summed E-state index contributed by atoms with van der Waals surface area (Å²) in [4.78, 5) is 16.5. The van der Waals surface area contributed by atoms with Crippen LogP contribution in [-0.2, 0) is 11.3 Å². The minimum Gasteiger partial charge on any atom is -0.496 e. The van der Waals surface area contributed by atoms with Crippen molar-refractivity contribution in [1.29, 1.82) is 0 Å². The fraction of sp³-hybridized carbons (Fsp3) is 0.524. The Labute approximate surface area is 166 Å². The monoisotopic (exact) mass is 386 g/mol. The SMILES string of the molecule is CCCCNC(=O)CN1CCN(Cc2cc(-c3ccccc3OC)no2)CC1. The number of ether oxygens (including phenoxy) is 1. The molecule has 2 aromatic rings. The second kappa shape index (κ2) is 10.2. The topological polar surface area (TPSA) is 70.8 Å². The summed E-state index contributed by atoms with van der Waals surface area (Å²) >= 11 is 0. The quantitative estimate of drug-likeness (QED) is 0.668. The Bertz CT molecular complexity index is 754. The summed E-state index contributed by atoms with van der Waals surface area (Å²) in [5, 5.41) is 7.19. The van der Waals surface area contributed by atoms with E-state index in [1.54, 1.807) is 7.11 Å². The van der Waals surface area contributed by atoms with Gasteiger partial charge in [-0.1, -0.05) is 30.6 Å². The summed E-state index contributed by atoms with van der Waals surface area (Å²) in [7, 11) is 1.66. The van der Waals surface area contributed by atoms with Crippen molar-refractivity contribution in [2.24, 2.45) is 0 Å². The van der Waals surface area contributed by atoms with E-state index >= 15 is 0 Å². The first-order chi connectivity index (χ1) is 13.7. The fourth-order valence-electron chi connectivity index (χ4n) is 3.36. The van der Waals surface area contributed by atoms with Gasteiger partial charge in [0.05, 0.1) is 20.2 Å². The van der Waals surface area contributed by atoms with Gasteiger partial charge in [0.25, 0.3) is 0 Å². The summed E-state index contributed by atoms with van der Waals surface area (Å²) in [6.07, 6.45) is 2.13. The van der Waals surface area contributed by atoms with Gasteiger partial charge in [-0.25, -0.2) is 0 Å². The molecule has 1 aliphatic heterocycles. The maximum Gasteiger partial charge on any atom is 0.234 e. The lowest BCUT2D eigenvalue weighted by Gasteiger charge is -2.33. The van der Waals surface area contributed by atoms with E-state index in [0.29, 0.717) is 6.54 Å². The Kier molecular flexibility index (Phi) is 7.45. The van der Waals surface area contributed by atoms with Gasteiger partial charge in [-0.05, 0) is 18.6 Å². The predicted molar refractivity (Wildman–Crippen MR) is 108 cm³/mol. The maximum absolute atomic E-state index is 11.9. The van der Waals surface area contributed by atoms with Gasteiger partial charge < -0.3 is 14.6 Å². The summed E-state index contributed by atoms with van der Waals surface area (Å²) in [6.45, 7) is 7.69. The molecule has 28 heavy (non-hydrogen) atoms. The molecule has 1 aliphatic rings. The normalized spacial score (nSPS) is 15.5. The predicted octanol–water partition coefficient (Wildman–Crippen LogP) is 2.38. The third-order valence-corrected chi connectivity index (χ3v) is 5.01. The first-order valence-electron chi connectivity index (χ1n) is 10.00. The number of rotatable bonds is 9. The Morgan fingerprint density at radius 3 is 2.71 bits per heavy atom. The van der Waals surface area contributed by atoms with Crippen molar-refractivity contribution in [3.05, 3.63) is 36.1 Å². The van der Waals surface area contributed by atoms with Gasteiger partial charge in [-0.15, -0.1) is 0 Å². The average molecular weight is 386 g/mol. The van der Waals surface area contributed by atoms with Crippen molar-refractivity contribution < 1.29 is 14.1 Å². The molecule has 1 amide bonds. The van der Waals surface area contributed by atoms with Crippen LogP contribution in [-0.4, -0.2) is 67.2 Å². The molecular formula is C21H30N4O3. The molecule has 7 nitrogen and oxygen atoms in total. The number of hydrogen-bond donors (Lipinski definition) is 1. The number of hydrogen-bond acceptors (Lipinski definition) is 6. The highest BCUT2D eigenvalue weighted by Gasteiger charge is 2.20. The zero-order valence-corrected chi connectivity index (χ0v) is 16.8. The Balaban J connectivity index is 1.46. The first-order valence-corrected chi connectivity index (χ1v) is 10.00. The molecule has 1 fully saturated rings. The van der Waals surface area contributed by atoms with Crippen LogP contribution in [0.3, 0.4) is 0 Å². The summed E-state index contributed by atoms with van der Waals surface area (Å²) in [5.74, 6) is 1.75. The van der Waals surface area contributed by atoms with Crippen LogP contribution in [0.25, 0.3) is 11.3 Å². The molecule has 1 saturated heterocycles. The number of benzene rings is 1. The second-order valence-electron chi connectivity index (χ2n) is 7.13. The largest absolute Gasteiger partial charge is 0.496 e. The van der Waals surface area contributed by atoms with Crippen LogP contribution in [0.2, 0.25) is 0 Å². The molecule has 0 saturated carbocycles. The van der Waals surface area contributed by atoms with Gasteiger partial charge in [-0.2, -0.15) is 0 Å². The number of unbranched alkanes of at least 4 members (excludes halogenated alkanes) is 1. The Hall–Kier alpha value is -2.38. The number of nitrogens with zero attached hydrogens (tertiary/aromatic N) is 3. The lowest BCUT2D eigenvalue weighted by Crippen LogP contribution is -2.49. The zero-order chi connectivity index (χ0) is 19.8. The lowest BCUT2D eigenvalue weighted by atomic mass is 10.1. The molecule has 1 aromatic carbocycles. The van der Waals surface area contributed by atoms with E-state index in [9.17, 15) is 4.79 Å². The molecule has 0 aliphatic carbocycles. The Morgan fingerprint density at radius 2 is 1.96 bits per heavy atom. The van der Waals surface area contributed by atoms with Crippen LogP contribution in [0.4, 0.5) is 0 Å². The number of methoxy groups -OCH3 is 1. The molecule has 0 unspecified atom stereocenters. The number of carbonyl (C=O) groups excluding carboxylic acids is 1. The highest BCUT2D eigenvalue weighted by atomic mass is 16.5. The standard InChI is InChI=1S/C21H30N4O3/c1-3-4-9-22-21(26)16-25-12-10-24(11-13-25)15-17-14-19(23-28-17)18-7-5-6-8-20(18)27-2/h5-8,14H,3-4,9-13,15-16H2,1-2H3,(H,22,26). The number of aromatic nitrogens is 1. The minimum atomic E-state index is 0.124. The van der Waals surface area contributed by atoms with E-state index in [1.807, 2.05) is 30.3 Å². The van der Waals surface area contributed by atoms with Crippen LogP contribution < -0.4 is 10.1 Å². The number of amides is 1. The minimum absolute atomic E-state index is 0.124. The van der Waals surface area contributed by atoms with E-state index in [-0.39, 0.29) is 5.91 Å². The van der Waals surface area contributed by atoms with E-state index in [0.717, 1.165) is 74.9 Å². The molecule has 3 rings (SSSR count). The van der Waals surface area contributed by atoms with Gasteiger partial charge >= 0.3 is 0 Å². The van der Waals surface area contributed by atoms with Crippen molar-refractivity contribution in [3.8, 4) is 17.0 Å². The van der Waals surface area contributed by atoms with Gasteiger partial charge in [-0.3, -0.25) is 14.6 Å². The van der Waals surface area contributed by atoms with Crippen LogP contribution >= 0.6 is 0 Å². The van der Waals surface area contributed by atoms with Gasteiger partial charge in [0.2, 0.25) is 5.91 Å². The summed E-state index contributed by atoms with van der Waals surface area (Å²) < 4.78 is 10.9. The molecule has 2 heterocycles. The van der Waals surface area contributed by atoms with Crippen molar-refractivity contribution in [3.63, 3.8) is 0 Å². The third kappa shape index (κ3) is 5.56. The molecule has 152 valence electrons.